The van der Waals surface area contributed by atoms with Crippen molar-refractivity contribution in [2.45, 2.75) is 44.6 Å². The van der Waals surface area contributed by atoms with E-state index in [4.69, 9.17) is 11.5 Å². The maximum absolute atomic E-state index is 5.88. The van der Waals surface area contributed by atoms with E-state index in [1.54, 1.807) is 0 Å². The van der Waals surface area contributed by atoms with Crippen molar-refractivity contribution < 1.29 is 0 Å². The summed E-state index contributed by atoms with van der Waals surface area (Å²) in [6, 6.07) is 0.448. The van der Waals surface area contributed by atoms with Gasteiger partial charge in [-0.05, 0) is 38.1 Å². The molecule has 0 aliphatic heterocycles. The van der Waals surface area contributed by atoms with Crippen molar-refractivity contribution >= 4 is 0 Å². The molecule has 4 N–H and O–H groups in total. The average Bonchev–Trinajstić information content (AvgIpc) is 1.98. The van der Waals surface area contributed by atoms with Gasteiger partial charge in [0.1, 0.15) is 0 Å². The predicted octanol–water partition coefficient (Wildman–Crippen LogP) is 1.24. The molecule has 66 valence electrons. The normalized spacial score (nSPS) is 34.4. The van der Waals surface area contributed by atoms with Crippen LogP contribution in [0.4, 0.5) is 0 Å². The van der Waals surface area contributed by atoms with E-state index < -0.39 is 0 Å². The standard InChI is InChI=1S/C9H20N2/c10-7-8-3-1-2-4-9(11)6-5-8/h8-9H,1-7,10-11H2. The molecule has 1 saturated carbocycles. The van der Waals surface area contributed by atoms with Crippen LogP contribution in [0.5, 0.6) is 0 Å². The highest BCUT2D eigenvalue weighted by Gasteiger charge is 2.12. The number of nitrogens with two attached hydrogens (primary N) is 2. The molecule has 2 unspecified atom stereocenters. The lowest BCUT2D eigenvalue weighted by Crippen LogP contribution is -2.25. The van der Waals surface area contributed by atoms with Crippen LogP contribution in [0.15, 0.2) is 0 Å². The van der Waals surface area contributed by atoms with E-state index >= 15 is 0 Å². The first-order chi connectivity index (χ1) is 5.33. The Labute approximate surface area is 69.3 Å². The second-order valence-electron chi connectivity index (χ2n) is 3.72. The van der Waals surface area contributed by atoms with Crippen LogP contribution in [-0.2, 0) is 0 Å². The zero-order chi connectivity index (χ0) is 8.10. The fourth-order valence-corrected chi connectivity index (χ4v) is 1.81. The Bertz CT molecular complexity index is 104. The third-order valence-electron chi connectivity index (χ3n) is 2.72. The topological polar surface area (TPSA) is 52.0 Å². The largest absolute Gasteiger partial charge is 0.330 e. The molecule has 11 heavy (non-hydrogen) atoms. The lowest BCUT2D eigenvalue weighted by atomic mass is 9.89. The maximum Gasteiger partial charge on any atom is 0.00389 e. The summed E-state index contributed by atoms with van der Waals surface area (Å²) in [5.41, 5.74) is 11.5. The molecule has 0 bridgehead atoms. The summed E-state index contributed by atoms with van der Waals surface area (Å²) in [6.45, 7) is 0.854. The smallest absolute Gasteiger partial charge is 0.00389 e. The number of hydrogen-bond donors (Lipinski definition) is 2. The van der Waals surface area contributed by atoms with Crippen molar-refractivity contribution in [1.82, 2.24) is 0 Å². The summed E-state index contributed by atoms with van der Waals surface area (Å²) >= 11 is 0. The monoisotopic (exact) mass is 156 g/mol. The van der Waals surface area contributed by atoms with Gasteiger partial charge in [0, 0.05) is 6.04 Å². The summed E-state index contributed by atoms with van der Waals surface area (Å²) in [7, 11) is 0. The molecule has 0 spiro atoms. The quantitative estimate of drug-likeness (QED) is 0.600. The summed E-state index contributed by atoms with van der Waals surface area (Å²) in [5, 5.41) is 0. The fraction of sp³-hybridized carbons (Fsp3) is 1.00. The van der Waals surface area contributed by atoms with E-state index in [0.29, 0.717) is 6.04 Å². The van der Waals surface area contributed by atoms with Crippen LogP contribution in [0.25, 0.3) is 0 Å². The highest BCUT2D eigenvalue weighted by molar-refractivity contribution is 4.70. The first-order valence-corrected chi connectivity index (χ1v) is 4.78. The number of rotatable bonds is 1. The highest BCUT2D eigenvalue weighted by atomic mass is 14.6. The van der Waals surface area contributed by atoms with E-state index in [9.17, 15) is 0 Å². The van der Waals surface area contributed by atoms with Gasteiger partial charge in [-0.15, -0.1) is 0 Å². The van der Waals surface area contributed by atoms with Crippen molar-refractivity contribution in [3.8, 4) is 0 Å². The molecule has 0 amide bonds. The van der Waals surface area contributed by atoms with Crippen molar-refractivity contribution in [3.05, 3.63) is 0 Å². The second-order valence-corrected chi connectivity index (χ2v) is 3.72. The van der Waals surface area contributed by atoms with Crippen molar-refractivity contribution in [1.29, 1.82) is 0 Å². The zero-order valence-electron chi connectivity index (χ0n) is 7.26. The Morgan fingerprint density at radius 1 is 1.00 bits per heavy atom. The van der Waals surface area contributed by atoms with Gasteiger partial charge in [0.05, 0.1) is 0 Å². The maximum atomic E-state index is 5.88. The number of hydrogen-bond acceptors (Lipinski definition) is 2. The van der Waals surface area contributed by atoms with Crippen LogP contribution >= 0.6 is 0 Å². The molecular formula is C9H20N2. The molecule has 1 aliphatic carbocycles. The Kier molecular flexibility index (Phi) is 3.87. The van der Waals surface area contributed by atoms with Gasteiger partial charge in [0.25, 0.3) is 0 Å². The molecule has 0 aromatic rings. The summed E-state index contributed by atoms with van der Waals surface area (Å²) in [4.78, 5) is 0. The highest BCUT2D eigenvalue weighted by Crippen LogP contribution is 2.20. The van der Waals surface area contributed by atoms with Crippen molar-refractivity contribution in [2.75, 3.05) is 6.54 Å². The zero-order valence-corrected chi connectivity index (χ0v) is 7.26. The molecule has 1 fully saturated rings. The van der Waals surface area contributed by atoms with Crippen LogP contribution in [0, 0.1) is 5.92 Å². The molecule has 2 heteroatoms. The van der Waals surface area contributed by atoms with Gasteiger partial charge in [0.15, 0.2) is 0 Å². The first-order valence-electron chi connectivity index (χ1n) is 4.78. The molecule has 1 rings (SSSR count). The van der Waals surface area contributed by atoms with E-state index in [-0.39, 0.29) is 0 Å². The van der Waals surface area contributed by atoms with Gasteiger partial charge in [-0.3, -0.25) is 0 Å². The minimum Gasteiger partial charge on any atom is -0.330 e. The van der Waals surface area contributed by atoms with Crippen molar-refractivity contribution in [2.24, 2.45) is 17.4 Å². The van der Waals surface area contributed by atoms with Gasteiger partial charge in [-0.25, -0.2) is 0 Å². The van der Waals surface area contributed by atoms with Crippen LogP contribution in [0.2, 0.25) is 0 Å². The first kappa shape index (κ1) is 9.01. The molecular weight excluding hydrogens is 136 g/mol. The van der Waals surface area contributed by atoms with Crippen molar-refractivity contribution in [3.63, 3.8) is 0 Å². The Hall–Kier alpha value is -0.0800. The molecule has 1 aliphatic rings. The van der Waals surface area contributed by atoms with Gasteiger partial charge in [-0.1, -0.05) is 12.8 Å². The molecule has 0 aromatic carbocycles. The van der Waals surface area contributed by atoms with Crippen LogP contribution in [0.1, 0.15) is 38.5 Å². The Morgan fingerprint density at radius 3 is 2.45 bits per heavy atom. The molecule has 2 atom stereocenters. The van der Waals surface area contributed by atoms with Crippen LogP contribution in [0.3, 0.4) is 0 Å². The SMILES string of the molecule is NCC1CCCCC(N)CC1. The third kappa shape index (κ3) is 3.21. The van der Waals surface area contributed by atoms with Gasteiger partial charge in [-0.2, -0.15) is 0 Å². The third-order valence-corrected chi connectivity index (χ3v) is 2.72. The van der Waals surface area contributed by atoms with Crippen LogP contribution in [-0.4, -0.2) is 12.6 Å². The summed E-state index contributed by atoms with van der Waals surface area (Å²) in [6.07, 6.45) is 7.60. The Balaban J connectivity index is 2.25. The van der Waals surface area contributed by atoms with Gasteiger partial charge >= 0.3 is 0 Å². The average molecular weight is 156 g/mol. The van der Waals surface area contributed by atoms with Gasteiger partial charge < -0.3 is 11.5 Å². The predicted molar refractivity (Wildman–Crippen MR) is 48.2 cm³/mol. The summed E-state index contributed by atoms with van der Waals surface area (Å²) < 4.78 is 0. The van der Waals surface area contributed by atoms with Crippen LogP contribution < -0.4 is 11.5 Å². The molecule has 0 aromatic heterocycles. The molecule has 0 heterocycles. The fourth-order valence-electron chi connectivity index (χ4n) is 1.81. The second kappa shape index (κ2) is 4.73. The molecule has 2 nitrogen and oxygen atoms in total. The van der Waals surface area contributed by atoms with E-state index in [0.717, 1.165) is 12.5 Å². The van der Waals surface area contributed by atoms with E-state index in [1.165, 1.54) is 38.5 Å². The minimum absolute atomic E-state index is 0.448. The molecule has 0 radical (unpaired) electrons. The van der Waals surface area contributed by atoms with E-state index in [1.807, 2.05) is 0 Å². The Morgan fingerprint density at radius 2 is 1.73 bits per heavy atom. The summed E-state index contributed by atoms with van der Waals surface area (Å²) in [5.74, 6) is 0.751. The van der Waals surface area contributed by atoms with Gasteiger partial charge in [0.2, 0.25) is 0 Å². The lowest BCUT2D eigenvalue weighted by Gasteiger charge is -2.21. The molecule has 0 saturated heterocycles. The van der Waals surface area contributed by atoms with E-state index in [2.05, 4.69) is 0 Å². The minimum atomic E-state index is 0.448. The lowest BCUT2D eigenvalue weighted by molar-refractivity contribution is 0.361.